The SMILES string of the molecule is COc1cc(OC)cc(C(CC(=O)NCc2ccco2)c2cn(Cc3ccccc3)c3ccccc23)c1. The summed E-state index contributed by atoms with van der Waals surface area (Å²) in [6.07, 6.45) is 4.04. The summed E-state index contributed by atoms with van der Waals surface area (Å²) in [4.78, 5) is 13.2. The first-order valence-corrected chi connectivity index (χ1v) is 12.3. The number of nitrogens with one attached hydrogen (secondary N) is 1. The van der Waals surface area contributed by atoms with Gasteiger partial charge in [0, 0.05) is 42.0 Å². The molecule has 0 bridgehead atoms. The average Bonchev–Trinajstić information content (AvgIpc) is 3.59. The van der Waals surface area contributed by atoms with Crippen LogP contribution in [-0.2, 0) is 17.9 Å². The van der Waals surface area contributed by atoms with Gasteiger partial charge in [0.2, 0.25) is 5.91 Å². The highest BCUT2D eigenvalue weighted by atomic mass is 16.5. The molecular weight excluding hydrogens is 464 g/mol. The maximum Gasteiger partial charge on any atom is 0.221 e. The van der Waals surface area contributed by atoms with Crippen molar-refractivity contribution in [2.75, 3.05) is 14.2 Å². The molecule has 1 unspecified atom stereocenters. The Balaban J connectivity index is 1.56. The third-order valence-electron chi connectivity index (χ3n) is 6.60. The van der Waals surface area contributed by atoms with Crippen LogP contribution in [0.15, 0.2) is 102 Å². The second-order valence-electron chi connectivity index (χ2n) is 8.97. The molecule has 1 N–H and O–H groups in total. The number of fused-ring (bicyclic) bond motifs is 1. The van der Waals surface area contributed by atoms with Gasteiger partial charge in [0.15, 0.2) is 0 Å². The van der Waals surface area contributed by atoms with Crippen molar-refractivity contribution in [3.05, 3.63) is 120 Å². The van der Waals surface area contributed by atoms with Crippen LogP contribution in [0.4, 0.5) is 0 Å². The van der Waals surface area contributed by atoms with Crippen LogP contribution < -0.4 is 14.8 Å². The Morgan fingerprint density at radius 3 is 2.35 bits per heavy atom. The molecule has 0 spiro atoms. The molecule has 6 nitrogen and oxygen atoms in total. The molecule has 0 fully saturated rings. The smallest absolute Gasteiger partial charge is 0.221 e. The Bertz CT molecular complexity index is 1450. The number of carbonyl (C=O) groups is 1. The van der Waals surface area contributed by atoms with Crippen LogP contribution in [0, 0.1) is 0 Å². The first kappa shape index (κ1) is 24.3. The van der Waals surface area contributed by atoms with Crippen LogP contribution in [0.1, 0.15) is 34.8 Å². The molecule has 5 aromatic rings. The monoisotopic (exact) mass is 494 g/mol. The molecule has 1 atom stereocenters. The summed E-state index contributed by atoms with van der Waals surface area (Å²) in [7, 11) is 3.27. The lowest BCUT2D eigenvalue weighted by molar-refractivity contribution is -0.121. The van der Waals surface area contributed by atoms with Crippen molar-refractivity contribution in [3.63, 3.8) is 0 Å². The van der Waals surface area contributed by atoms with Crippen LogP contribution in [0.25, 0.3) is 10.9 Å². The van der Waals surface area contributed by atoms with E-state index in [9.17, 15) is 4.79 Å². The quantitative estimate of drug-likeness (QED) is 0.253. The molecule has 0 aliphatic carbocycles. The summed E-state index contributed by atoms with van der Waals surface area (Å²) in [5.74, 6) is 1.80. The number of carbonyl (C=O) groups excluding carboxylic acids is 1. The summed E-state index contributed by atoms with van der Waals surface area (Å²) in [6, 6.07) is 28.2. The molecule has 5 rings (SSSR count). The fourth-order valence-electron chi connectivity index (χ4n) is 4.76. The van der Waals surface area contributed by atoms with Crippen molar-refractivity contribution in [3.8, 4) is 11.5 Å². The lowest BCUT2D eigenvalue weighted by atomic mass is 9.87. The molecule has 0 radical (unpaired) electrons. The van der Waals surface area contributed by atoms with Gasteiger partial charge in [0.1, 0.15) is 17.3 Å². The number of ether oxygens (including phenoxy) is 2. The summed E-state index contributed by atoms with van der Waals surface area (Å²) in [5, 5.41) is 4.12. The number of methoxy groups -OCH3 is 2. The van der Waals surface area contributed by atoms with Gasteiger partial charge < -0.3 is 23.8 Å². The van der Waals surface area contributed by atoms with Gasteiger partial charge in [-0.2, -0.15) is 0 Å². The van der Waals surface area contributed by atoms with Gasteiger partial charge in [-0.25, -0.2) is 0 Å². The van der Waals surface area contributed by atoms with E-state index in [-0.39, 0.29) is 18.2 Å². The van der Waals surface area contributed by atoms with Gasteiger partial charge in [-0.05, 0) is 47.0 Å². The maximum absolute atomic E-state index is 13.2. The number of hydrogen-bond acceptors (Lipinski definition) is 4. The van der Waals surface area contributed by atoms with Crippen LogP contribution in [0.3, 0.4) is 0 Å². The second kappa shape index (κ2) is 11.1. The highest BCUT2D eigenvalue weighted by Crippen LogP contribution is 2.38. The van der Waals surface area contributed by atoms with Crippen molar-refractivity contribution in [1.29, 1.82) is 0 Å². The van der Waals surface area contributed by atoms with Crippen LogP contribution in [0.2, 0.25) is 0 Å². The van der Waals surface area contributed by atoms with E-state index >= 15 is 0 Å². The minimum Gasteiger partial charge on any atom is -0.497 e. The zero-order chi connectivity index (χ0) is 25.6. The summed E-state index contributed by atoms with van der Waals surface area (Å²) in [6.45, 7) is 1.08. The van der Waals surface area contributed by atoms with E-state index in [0.29, 0.717) is 23.8 Å². The Hall–Kier alpha value is -4.45. The molecular formula is C31H30N2O4. The zero-order valence-corrected chi connectivity index (χ0v) is 21.0. The number of para-hydroxylation sites is 1. The Morgan fingerprint density at radius 2 is 1.65 bits per heavy atom. The predicted molar refractivity (Wildman–Crippen MR) is 144 cm³/mol. The number of aromatic nitrogens is 1. The molecule has 2 aromatic heterocycles. The van der Waals surface area contributed by atoms with Gasteiger partial charge in [0.05, 0.1) is 27.0 Å². The van der Waals surface area contributed by atoms with E-state index in [1.165, 1.54) is 5.56 Å². The molecule has 1 amide bonds. The highest BCUT2D eigenvalue weighted by molar-refractivity contribution is 5.87. The van der Waals surface area contributed by atoms with E-state index in [1.807, 2.05) is 48.5 Å². The fourth-order valence-corrected chi connectivity index (χ4v) is 4.76. The van der Waals surface area contributed by atoms with E-state index in [4.69, 9.17) is 13.9 Å². The average molecular weight is 495 g/mol. The molecule has 0 aliphatic heterocycles. The molecule has 0 saturated heterocycles. The van der Waals surface area contributed by atoms with Gasteiger partial charge in [0.25, 0.3) is 0 Å². The normalized spacial score (nSPS) is 11.8. The number of benzene rings is 3. The first-order chi connectivity index (χ1) is 18.1. The van der Waals surface area contributed by atoms with Gasteiger partial charge in [-0.1, -0.05) is 48.5 Å². The van der Waals surface area contributed by atoms with E-state index in [0.717, 1.165) is 28.6 Å². The minimum atomic E-state index is -0.220. The molecule has 188 valence electrons. The van der Waals surface area contributed by atoms with Crippen LogP contribution in [-0.4, -0.2) is 24.7 Å². The number of hydrogen-bond donors (Lipinski definition) is 1. The lowest BCUT2D eigenvalue weighted by Crippen LogP contribution is -2.24. The number of rotatable bonds is 10. The summed E-state index contributed by atoms with van der Waals surface area (Å²) < 4.78 is 18.8. The van der Waals surface area contributed by atoms with E-state index in [1.54, 1.807) is 20.5 Å². The molecule has 6 heteroatoms. The van der Waals surface area contributed by atoms with Crippen molar-refractivity contribution < 1.29 is 18.7 Å². The molecule has 37 heavy (non-hydrogen) atoms. The Morgan fingerprint density at radius 1 is 0.919 bits per heavy atom. The van der Waals surface area contributed by atoms with Crippen molar-refractivity contribution in [1.82, 2.24) is 9.88 Å². The van der Waals surface area contributed by atoms with Crippen LogP contribution in [0.5, 0.6) is 11.5 Å². The first-order valence-electron chi connectivity index (χ1n) is 12.3. The van der Waals surface area contributed by atoms with Gasteiger partial charge in [-0.15, -0.1) is 0 Å². The molecule has 3 aromatic carbocycles. The molecule has 0 aliphatic rings. The van der Waals surface area contributed by atoms with Crippen molar-refractivity contribution in [2.24, 2.45) is 0 Å². The Kier molecular flexibility index (Phi) is 7.26. The predicted octanol–water partition coefficient (Wildman–Crippen LogP) is 6.14. The lowest BCUT2D eigenvalue weighted by Gasteiger charge is -2.19. The number of nitrogens with zero attached hydrogens (tertiary/aromatic N) is 1. The third-order valence-corrected chi connectivity index (χ3v) is 6.60. The highest BCUT2D eigenvalue weighted by Gasteiger charge is 2.24. The Labute approximate surface area is 216 Å². The van der Waals surface area contributed by atoms with Gasteiger partial charge >= 0.3 is 0 Å². The number of furan rings is 1. The van der Waals surface area contributed by atoms with E-state index in [2.05, 4.69) is 52.5 Å². The van der Waals surface area contributed by atoms with Gasteiger partial charge in [-0.3, -0.25) is 4.79 Å². The van der Waals surface area contributed by atoms with Crippen molar-refractivity contribution in [2.45, 2.75) is 25.4 Å². The third kappa shape index (κ3) is 5.54. The summed E-state index contributed by atoms with van der Waals surface area (Å²) in [5.41, 5.74) is 4.37. The topological polar surface area (TPSA) is 65.6 Å². The summed E-state index contributed by atoms with van der Waals surface area (Å²) >= 11 is 0. The minimum absolute atomic E-state index is 0.0666. The van der Waals surface area contributed by atoms with E-state index < -0.39 is 0 Å². The molecule has 2 heterocycles. The second-order valence-corrected chi connectivity index (χ2v) is 8.97. The molecule has 0 saturated carbocycles. The maximum atomic E-state index is 13.2. The fraction of sp³-hybridized carbons (Fsp3) is 0.194. The van der Waals surface area contributed by atoms with Crippen molar-refractivity contribution >= 4 is 16.8 Å². The number of amides is 1. The zero-order valence-electron chi connectivity index (χ0n) is 21.0. The standard InChI is InChI=1S/C31H30N2O4/c1-35-25-15-23(16-26(17-25)36-2)28(18-31(34)32-19-24-11-8-14-37-24)29-21-33(20-22-9-4-3-5-10-22)30-13-7-6-12-27(29)30/h3-17,21,28H,18-20H2,1-2H3,(H,32,34). The van der Waals surface area contributed by atoms with Crippen LogP contribution >= 0.6 is 0 Å². The largest absolute Gasteiger partial charge is 0.497 e.